The molecule has 3 aromatic rings. The second kappa shape index (κ2) is 6.09. The minimum atomic E-state index is -0.913. The van der Waals surface area contributed by atoms with E-state index in [2.05, 4.69) is 31.2 Å². The zero-order chi connectivity index (χ0) is 16.4. The fraction of sp³-hybridized carbons (Fsp3) is 0.0952. The van der Waals surface area contributed by atoms with Crippen molar-refractivity contribution in [2.24, 2.45) is 0 Å². The molecule has 3 aromatic carbocycles. The summed E-state index contributed by atoms with van der Waals surface area (Å²) in [6.07, 6.45) is 5.19. The molecule has 0 bridgehead atoms. The molecule has 2 heteroatoms. The Hall–Kier alpha value is -2.87. The van der Waals surface area contributed by atoms with Crippen molar-refractivity contribution in [1.82, 2.24) is 0 Å². The molecule has 0 aliphatic heterocycles. The van der Waals surface area contributed by atoms with Crippen molar-refractivity contribution < 1.29 is 9.90 Å². The lowest BCUT2D eigenvalue weighted by Crippen LogP contribution is -1.96. The number of rotatable bonds is 3. The van der Waals surface area contributed by atoms with Gasteiger partial charge in [-0.15, -0.1) is 0 Å². The van der Waals surface area contributed by atoms with Gasteiger partial charge in [0.05, 0.1) is 5.57 Å². The number of aryl methyl sites for hydroxylation is 1. The summed E-state index contributed by atoms with van der Waals surface area (Å²) in [6, 6.07) is 16.5. The Morgan fingerprint density at radius 2 is 1.39 bits per heavy atom. The van der Waals surface area contributed by atoms with Crippen LogP contribution in [0.15, 0.2) is 66.3 Å². The lowest BCUT2D eigenvalue weighted by Gasteiger charge is -2.12. The Morgan fingerprint density at radius 3 is 1.83 bits per heavy atom. The van der Waals surface area contributed by atoms with Gasteiger partial charge in [-0.1, -0.05) is 60.7 Å². The Morgan fingerprint density at radius 1 is 0.913 bits per heavy atom. The van der Waals surface area contributed by atoms with Crippen LogP contribution >= 0.6 is 0 Å². The molecular formula is C21H18O2. The van der Waals surface area contributed by atoms with E-state index in [1.807, 2.05) is 30.3 Å². The van der Waals surface area contributed by atoms with Gasteiger partial charge in [-0.25, -0.2) is 4.79 Å². The lowest BCUT2D eigenvalue weighted by atomic mass is 9.92. The predicted molar refractivity (Wildman–Crippen MR) is 96.6 cm³/mol. The summed E-state index contributed by atoms with van der Waals surface area (Å²) in [5.41, 5.74) is 2.60. The van der Waals surface area contributed by atoms with Crippen LogP contribution in [0.5, 0.6) is 0 Å². The summed E-state index contributed by atoms with van der Waals surface area (Å²) < 4.78 is 0. The highest BCUT2D eigenvalue weighted by molar-refractivity contribution is 6.09. The normalized spacial score (nSPS) is 12.3. The van der Waals surface area contributed by atoms with Crippen LogP contribution in [0.1, 0.15) is 18.1 Å². The lowest BCUT2D eigenvalue weighted by molar-refractivity contribution is -0.132. The van der Waals surface area contributed by atoms with Crippen molar-refractivity contribution in [2.75, 3.05) is 0 Å². The maximum absolute atomic E-state index is 11.2. The molecule has 0 aliphatic carbocycles. The van der Waals surface area contributed by atoms with E-state index >= 15 is 0 Å². The van der Waals surface area contributed by atoms with E-state index in [-0.39, 0.29) is 0 Å². The SMILES string of the molecule is C/C=C(\C=C\c1c2ccccc2c(C)c2ccccc12)C(=O)O. The Bertz CT molecular complexity index is 905. The van der Waals surface area contributed by atoms with Crippen molar-refractivity contribution in [2.45, 2.75) is 13.8 Å². The smallest absolute Gasteiger partial charge is 0.335 e. The van der Waals surface area contributed by atoms with E-state index in [0.29, 0.717) is 5.57 Å². The van der Waals surface area contributed by atoms with Crippen LogP contribution in [0, 0.1) is 6.92 Å². The molecule has 114 valence electrons. The first-order chi connectivity index (χ1) is 11.1. The number of aliphatic carboxylic acids is 1. The average molecular weight is 302 g/mol. The molecule has 1 N–H and O–H groups in total. The highest BCUT2D eigenvalue weighted by Crippen LogP contribution is 2.33. The number of hydrogen-bond acceptors (Lipinski definition) is 1. The standard InChI is InChI=1S/C21H18O2/c1-3-15(21(22)23)12-13-20-18-10-6-4-8-16(18)14(2)17-9-5-7-11-19(17)20/h3-13H,1-2H3,(H,22,23)/b13-12+,15-3+. The molecule has 23 heavy (non-hydrogen) atoms. The molecule has 0 unspecified atom stereocenters. The van der Waals surface area contributed by atoms with Gasteiger partial charge in [0, 0.05) is 0 Å². The molecule has 0 amide bonds. The molecule has 0 saturated carbocycles. The van der Waals surface area contributed by atoms with E-state index in [1.54, 1.807) is 19.1 Å². The van der Waals surface area contributed by atoms with Gasteiger partial charge in [0.15, 0.2) is 0 Å². The van der Waals surface area contributed by atoms with Crippen molar-refractivity contribution >= 4 is 33.6 Å². The molecule has 0 fully saturated rings. The number of allylic oxidation sites excluding steroid dienone is 1. The number of carboxylic acids is 1. The molecular weight excluding hydrogens is 284 g/mol. The van der Waals surface area contributed by atoms with Crippen LogP contribution in [0.4, 0.5) is 0 Å². The highest BCUT2D eigenvalue weighted by Gasteiger charge is 2.09. The first kappa shape index (κ1) is 15.0. The van der Waals surface area contributed by atoms with Crippen LogP contribution < -0.4 is 0 Å². The minimum Gasteiger partial charge on any atom is -0.478 e. The monoisotopic (exact) mass is 302 g/mol. The zero-order valence-corrected chi connectivity index (χ0v) is 13.2. The van der Waals surface area contributed by atoms with Gasteiger partial charge >= 0.3 is 5.97 Å². The van der Waals surface area contributed by atoms with Crippen molar-refractivity contribution in [3.8, 4) is 0 Å². The third kappa shape index (κ3) is 2.64. The minimum absolute atomic E-state index is 0.290. The van der Waals surface area contributed by atoms with Gasteiger partial charge in [0.1, 0.15) is 0 Å². The number of fused-ring (bicyclic) bond motifs is 2. The molecule has 2 nitrogen and oxygen atoms in total. The molecule has 3 rings (SSSR count). The fourth-order valence-corrected chi connectivity index (χ4v) is 3.02. The third-order valence-electron chi connectivity index (χ3n) is 4.23. The maximum Gasteiger partial charge on any atom is 0.335 e. The first-order valence-electron chi connectivity index (χ1n) is 7.61. The van der Waals surface area contributed by atoms with E-state index in [4.69, 9.17) is 0 Å². The van der Waals surface area contributed by atoms with Gasteiger partial charge < -0.3 is 5.11 Å². The number of carbonyl (C=O) groups is 1. The summed E-state index contributed by atoms with van der Waals surface area (Å²) in [5.74, 6) is -0.913. The third-order valence-corrected chi connectivity index (χ3v) is 4.23. The molecule has 0 atom stereocenters. The zero-order valence-electron chi connectivity index (χ0n) is 13.2. The summed E-state index contributed by atoms with van der Waals surface area (Å²) in [5, 5.41) is 13.9. The van der Waals surface area contributed by atoms with Gasteiger partial charge in [-0.05, 0) is 52.6 Å². The summed E-state index contributed by atoms with van der Waals surface area (Å²) >= 11 is 0. The van der Waals surface area contributed by atoms with Crippen LogP contribution in [-0.4, -0.2) is 11.1 Å². The molecule has 0 heterocycles. The number of benzene rings is 3. The maximum atomic E-state index is 11.2. The molecule has 0 aliphatic rings. The van der Waals surface area contributed by atoms with E-state index < -0.39 is 5.97 Å². The molecule has 0 radical (unpaired) electrons. The van der Waals surface area contributed by atoms with Crippen molar-refractivity contribution in [1.29, 1.82) is 0 Å². The topological polar surface area (TPSA) is 37.3 Å². The van der Waals surface area contributed by atoms with Gasteiger partial charge in [-0.3, -0.25) is 0 Å². The van der Waals surface area contributed by atoms with Crippen molar-refractivity contribution in [3.63, 3.8) is 0 Å². The Labute approximate surface area is 135 Å². The van der Waals surface area contributed by atoms with E-state index in [0.717, 1.165) is 16.3 Å². The number of carboxylic acid groups (broad SMARTS) is 1. The van der Waals surface area contributed by atoms with Crippen LogP contribution in [0.3, 0.4) is 0 Å². The van der Waals surface area contributed by atoms with Crippen LogP contribution in [-0.2, 0) is 4.79 Å². The van der Waals surface area contributed by atoms with Crippen LogP contribution in [0.25, 0.3) is 27.6 Å². The van der Waals surface area contributed by atoms with E-state index in [1.165, 1.54) is 16.3 Å². The average Bonchev–Trinajstić information content (AvgIpc) is 2.58. The summed E-state index contributed by atoms with van der Waals surface area (Å²) in [7, 11) is 0. The highest BCUT2D eigenvalue weighted by atomic mass is 16.4. The van der Waals surface area contributed by atoms with Gasteiger partial charge in [0.2, 0.25) is 0 Å². The molecule has 0 saturated heterocycles. The van der Waals surface area contributed by atoms with Gasteiger partial charge in [-0.2, -0.15) is 0 Å². The Kier molecular flexibility index (Phi) is 3.98. The quantitative estimate of drug-likeness (QED) is 0.402. The number of hydrogen-bond donors (Lipinski definition) is 1. The van der Waals surface area contributed by atoms with Crippen molar-refractivity contribution in [3.05, 3.63) is 77.4 Å². The molecule has 0 aromatic heterocycles. The molecule has 0 spiro atoms. The largest absolute Gasteiger partial charge is 0.478 e. The van der Waals surface area contributed by atoms with Crippen LogP contribution in [0.2, 0.25) is 0 Å². The van der Waals surface area contributed by atoms with E-state index in [9.17, 15) is 9.90 Å². The Balaban J connectivity index is 2.35. The van der Waals surface area contributed by atoms with Gasteiger partial charge in [0.25, 0.3) is 0 Å². The predicted octanol–water partition coefficient (Wildman–Crippen LogP) is 5.35. The first-order valence-corrected chi connectivity index (χ1v) is 7.61. The summed E-state index contributed by atoms with van der Waals surface area (Å²) in [6.45, 7) is 3.87. The second-order valence-electron chi connectivity index (χ2n) is 5.51. The second-order valence-corrected chi connectivity index (χ2v) is 5.51. The summed E-state index contributed by atoms with van der Waals surface area (Å²) in [4.78, 5) is 11.2. The fourth-order valence-electron chi connectivity index (χ4n) is 3.02.